The summed E-state index contributed by atoms with van der Waals surface area (Å²) in [5.41, 5.74) is 1.63. The highest BCUT2D eigenvalue weighted by molar-refractivity contribution is 6.42. The minimum absolute atomic E-state index is 0.132. The molecule has 0 unspecified atom stereocenters. The van der Waals surface area contributed by atoms with Crippen LogP contribution in [0.25, 0.3) is 11.0 Å². The summed E-state index contributed by atoms with van der Waals surface area (Å²) in [4.78, 5) is 16.1. The number of aromatic nitrogens is 2. The van der Waals surface area contributed by atoms with E-state index < -0.39 is 0 Å². The van der Waals surface area contributed by atoms with Crippen molar-refractivity contribution in [3.63, 3.8) is 0 Å². The Balaban J connectivity index is 1.81. The molecule has 1 fully saturated rings. The van der Waals surface area contributed by atoms with E-state index in [2.05, 4.69) is 10.3 Å². The Morgan fingerprint density at radius 2 is 2.05 bits per heavy atom. The van der Waals surface area contributed by atoms with Gasteiger partial charge in [-0.15, -0.1) is 11.6 Å². The standard InChI is InChI=1S/C14H14Cl3N3O/c15-7-13-19-11-5-9(16)10(17)6-12(11)20(13)4-3-18-14(21)8-1-2-8/h5-6,8H,1-4,7H2,(H,18,21). The third-order valence-electron chi connectivity index (χ3n) is 3.57. The fourth-order valence-electron chi connectivity index (χ4n) is 2.30. The molecule has 1 aliphatic rings. The molecule has 0 atom stereocenters. The molecule has 3 rings (SSSR count). The first kappa shape index (κ1) is 14.9. The Hall–Kier alpha value is -0.970. The van der Waals surface area contributed by atoms with Gasteiger partial charge in [-0.25, -0.2) is 4.98 Å². The maximum Gasteiger partial charge on any atom is 0.223 e. The quantitative estimate of drug-likeness (QED) is 0.841. The molecular formula is C14H14Cl3N3O. The van der Waals surface area contributed by atoms with E-state index in [-0.39, 0.29) is 11.8 Å². The molecule has 0 aliphatic heterocycles. The number of alkyl halides is 1. The summed E-state index contributed by atoms with van der Waals surface area (Å²) in [6, 6.07) is 3.51. The average molecular weight is 347 g/mol. The zero-order valence-electron chi connectivity index (χ0n) is 11.2. The summed E-state index contributed by atoms with van der Waals surface area (Å²) in [6.07, 6.45) is 2.00. The zero-order valence-corrected chi connectivity index (χ0v) is 13.5. The number of amides is 1. The van der Waals surface area contributed by atoms with Crippen LogP contribution in [0.4, 0.5) is 0 Å². The number of hydrogen-bond donors (Lipinski definition) is 1. The van der Waals surface area contributed by atoms with Crippen LogP contribution in [0.15, 0.2) is 12.1 Å². The van der Waals surface area contributed by atoms with E-state index in [1.165, 1.54) is 0 Å². The molecule has 1 aliphatic carbocycles. The molecule has 1 N–H and O–H groups in total. The van der Waals surface area contributed by atoms with Crippen molar-refractivity contribution in [1.82, 2.24) is 14.9 Å². The third-order valence-corrected chi connectivity index (χ3v) is 4.53. The van der Waals surface area contributed by atoms with E-state index in [9.17, 15) is 4.79 Å². The van der Waals surface area contributed by atoms with Gasteiger partial charge in [-0.3, -0.25) is 4.79 Å². The van der Waals surface area contributed by atoms with Crippen LogP contribution in [-0.2, 0) is 17.2 Å². The van der Waals surface area contributed by atoms with E-state index in [1.807, 2.05) is 4.57 Å². The molecule has 112 valence electrons. The number of hydrogen-bond acceptors (Lipinski definition) is 2. The fourth-order valence-corrected chi connectivity index (χ4v) is 2.82. The van der Waals surface area contributed by atoms with E-state index in [0.29, 0.717) is 29.0 Å². The van der Waals surface area contributed by atoms with Crippen LogP contribution >= 0.6 is 34.8 Å². The van der Waals surface area contributed by atoms with Gasteiger partial charge in [0.05, 0.1) is 27.0 Å². The van der Waals surface area contributed by atoms with Crippen LogP contribution in [-0.4, -0.2) is 22.0 Å². The van der Waals surface area contributed by atoms with Gasteiger partial charge < -0.3 is 9.88 Å². The largest absolute Gasteiger partial charge is 0.354 e. The van der Waals surface area contributed by atoms with Gasteiger partial charge in [0.15, 0.2) is 0 Å². The molecule has 21 heavy (non-hydrogen) atoms. The van der Waals surface area contributed by atoms with E-state index in [1.54, 1.807) is 12.1 Å². The molecule has 0 saturated heterocycles. The van der Waals surface area contributed by atoms with E-state index in [4.69, 9.17) is 34.8 Å². The number of rotatable bonds is 5. The molecule has 4 nitrogen and oxygen atoms in total. The number of fused-ring (bicyclic) bond motifs is 1. The van der Waals surface area contributed by atoms with Crippen molar-refractivity contribution >= 4 is 51.7 Å². The lowest BCUT2D eigenvalue weighted by molar-refractivity contribution is -0.122. The van der Waals surface area contributed by atoms with Crippen LogP contribution < -0.4 is 5.32 Å². The van der Waals surface area contributed by atoms with Gasteiger partial charge in [-0.1, -0.05) is 23.2 Å². The Labute approximate surface area is 137 Å². The Morgan fingerprint density at radius 3 is 2.71 bits per heavy atom. The van der Waals surface area contributed by atoms with Gasteiger partial charge in [-0.2, -0.15) is 0 Å². The predicted octanol–water partition coefficient (Wildman–Crippen LogP) is 3.61. The molecule has 1 saturated carbocycles. The number of carbonyl (C=O) groups excluding carboxylic acids is 1. The normalized spacial score (nSPS) is 14.6. The van der Waals surface area contributed by atoms with Crippen molar-refractivity contribution in [2.75, 3.05) is 6.54 Å². The van der Waals surface area contributed by atoms with Crippen molar-refractivity contribution in [1.29, 1.82) is 0 Å². The van der Waals surface area contributed by atoms with Crippen LogP contribution in [0.1, 0.15) is 18.7 Å². The van der Waals surface area contributed by atoms with Gasteiger partial charge in [0, 0.05) is 19.0 Å². The molecule has 1 aromatic heterocycles. The second kappa shape index (κ2) is 6.03. The van der Waals surface area contributed by atoms with E-state index in [0.717, 1.165) is 29.7 Å². The molecule has 0 radical (unpaired) electrons. The lowest BCUT2D eigenvalue weighted by Gasteiger charge is -2.09. The predicted molar refractivity (Wildman–Crippen MR) is 85.0 cm³/mol. The highest BCUT2D eigenvalue weighted by atomic mass is 35.5. The van der Waals surface area contributed by atoms with Crippen LogP contribution in [0.2, 0.25) is 10.0 Å². The summed E-state index contributed by atoms with van der Waals surface area (Å²) in [6.45, 7) is 1.15. The first-order valence-corrected chi connectivity index (χ1v) is 8.07. The molecule has 1 heterocycles. The molecule has 2 aromatic rings. The molecular weight excluding hydrogens is 333 g/mol. The lowest BCUT2D eigenvalue weighted by Crippen LogP contribution is -2.28. The fraction of sp³-hybridized carbons (Fsp3) is 0.429. The molecule has 7 heteroatoms. The third kappa shape index (κ3) is 3.12. The number of imidazole rings is 1. The maximum absolute atomic E-state index is 11.7. The Kier molecular flexibility index (Phi) is 4.29. The molecule has 1 amide bonds. The highest BCUT2D eigenvalue weighted by Crippen LogP contribution is 2.29. The second-order valence-corrected chi connectivity index (χ2v) is 6.22. The number of nitrogens with zero attached hydrogens (tertiary/aromatic N) is 2. The van der Waals surface area contributed by atoms with Gasteiger partial charge >= 0.3 is 0 Å². The van der Waals surface area contributed by atoms with Crippen molar-refractivity contribution in [3.8, 4) is 0 Å². The number of halogens is 3. The van der Waals surface area contributed by atoms with Crippen molar-refractivity contribution in [2.45, 2.75) is 25.3 Å². The minimum atomic E-state index is 0.132. The number of carbonyl (C=O) groups is 1. The maximum atomic E-state index is 11.7. The van der Waals surface area contributed by atoms with Crippen molar-refractivity contribution in [2.24, 2.45) is 5.92 Å². The van der Waals surface area contributed by atoms with Gasteiger partial charge in [0.25, 0.3) is 0 Å². The van der Waals surface area contributed by atoms with Crippen LogP contribution in [0.5, 0.6) is 0 Å². The summed E-state index contributed by atoms with van der Waals surface area (Å²) in [5.74, 6) is 1.38. The smallest absolute Gasteiger partial charge is 0.223 e. The Morgan fingerprint density at radius 1 is 1.33 bits per heavy atom. The lowest BCUT2D eigenvalue weighted by atomic mass is 10.3. The minimum Gasteiger partial charge on any atom is -0.354 e. The van der Waals surface area contributed by atoms with Crippen molar-refractivity contribution < 1.29 is 4.79 Å². The summed E-state index contributed by atoms with van der Waals surface area (Å²) < 4.78 is 1.97. The van der Waals surface area contributed by atoms with Gasteiger partial charge in [0.2, 0.25) is 5.91 Å². The summed E-state index contributed by atoms with van der Waals surface area (Å²) in [7, 11) is 0. The first-order chi connectivity index (χ1) is 10.1. The molecule has 0 spiro atoms. The van der Waals surface area contributed by atoms with Crippen LogP contribution in [0, 0.1) is 5.92 Å². The summed E-state index contributed by atoms with van der Waals surface area (Å²) in [5, 5.41) is 3.88. The number of benzene rings is 1. The molecule has 0 bridgehead atoms. The van der Waals surface area contributed by atoms with Crippen molar-refractivity contribution in [3.05, 3.63) is 28.0 Å². The average Bonchev–Trinajstić information content (AvgIpc) is 3.25. The molecule has 1 aromatic carbocycles. The topological polar surface area (TPSA) is 46.9 Å². The first-order valence-electron chi connectivity index (χ1n) is 6.78. The van der Waals surface area contributed by atoms with E-state index >= 15 is 0 Å². The number of nitrogens with one attached hydrogen (secondary N) is 1. The summed E-state index contributed by atoms with van der Waals surface area (Å²) >= 11 is 18.0. The second-order valence-electron chi connectivity index (χ2n) is 5.13. The Bertz CT molecular complexity index is 694. The SMILES string of the molecule is O=C(NCCn1c(CCl)nc2cc(Cl)c(Cl)cc21)C1CC1. The zero-order chi connectivity index (χ0) is 15.0. The van der Waals surface area contributed by atoms with Crippen LogP contribution in [0.3, 0.4) is 0 Å². The van der Waals surface area contributed by atoms with Gasteiger partial charge in [-0.05, 0) is 25.0 Å². The monoisotopic (exact) mass is 345 g/mol. The van der Waals surface area contributed by atoms with Gasteiger partial charge in [0.1, 0.15) is 5.82 Å². The highest BCUT2D eigenvalue weighted by Gasteiger charge is 2.29.